The van der Waals surface area contributed by atoms with Crippen LogP contribution < -0.4 is 0 Å². The second-order valence-electron chi connectivity index (χ2n) is 6.99. The van der Waals surface area contributed by atoms with Crippen molar-refractivity contribution in [1.29, 1.82) is 0 Å². The number of nitro benzene ring substituents is 1. The van der Waals surface area contributed by atoms with E-state index in [4.69, 9.17) is 4.99 Å². The molecular weight excluding hydrogens is 330 g/mol. The number of carbonyl (C=O) groups is 1. The molecule has 3 atom stereocenters. The first-order valence-electron chi connectivity index (χ1n) is 8.53. The standard InChI is InChI=1S/C20H21N3O3/c1-13-10-18(15-6-4-8-17(11-15)23(25)26)19(14(2)24)20(3,22-13)16-7-5-9-21-12-16/h4-9,11-12,18-19H,10H2,1-3H3. The van der Waals surface area contributed by atoms with E-state index in [1.54, 1.807) is 31.5 Å². The SMILES string of the molecule is CC(=O)C1C(c2cccc([N+](=O)[O-])c2)CC(C)=NC1(C)c1cccnc1. The third-order valence-electron chi connectivity index (χ3n) is 5.14. The molecule has 1 aromatic heterocycles. The highest BCUT2D eigenvalue weighted by Gasteiger charge is 2.47. The van der Waals surface area contributed by atoms with Gasteiger partial charge in [0, 0.05) is 36.2 Å². The van der Waals surface area contributed by atoms with E-state index >= 15 is 0 Å². The highest BCUT2D eigenvalue weighted by Crippen LogP contribution is 2.47. The lowest BCUT2D eigenvalue weighted by Crippen LogP contribution is -2.43. The minimum absolute atomic E-state index is 0.0177. The van der Waals surface area contributed by atoms with Gasteiger partial charge < -0.3 is 0 Å². The van der Waals surface area contributed by atoms with Crippen LogP contribution in [0.5, 0.6) is 0 Å². The lowest BCUT2D eigenvalue weighted by atomic mass is 9.66. The van der Waals surface area contributed by atoms with E-state index in [0.717, 1.165) is 16.8 Å². The number of pyridine rings is 1. The normalized spacial score (nSPS) is 25.4. The highest BCUT2D eigenvalue weighted by atomic mass is 16.6. The van der Waals surface area contributed by atoms with Gasteiger partial charge in [0.1, 0.15) is 5.78 Å². The lowest BCUT2D eigenvalue weighted by molar-refractivity contribution is -0.384. The lowest BCUT2D eigenvalue weighted by Gasteiger charge is -2.42. The van der Waals surface area contributed by atoms with Gasteiger partial charge in [0.25, 0.3) is 5.69 Å². The van der Waals surface area contributed by atoms with E-state index in [1.165, 1.54) is 6.07 Å². The zero-order valence-corrected chi connectivity index (χ0v) is 15.0. The molecule has 1 aromatic carbocycles. The summed E-state index contributed by atoms with van der Waals surface area (Å²) in [6.07, 6.45) is 4.02. The minimum Gasteiger partial charge on any atom is -0.300 e. The Morgan fingerprint density at radius 2 is 2.08 bits per heavy atom. The fourth-order valence-corrected chi connectivity index (χ4v) is 4.10. The number of non-ortho nitro benzene ring substituents is 1. The molecule has 0 spiro atoms. The van der Waals surface area contributed by atoms with Gasteiger partial charge in [-0.2, -0.15) is 0 Å². The Balaban J connectivity index is 2.15. The molecule has 26 heavy (non-hydrogen) atoms. The summed E-state index contributed by atoms with van der Waals surface area (Å²) in [5.41, 5.74) is 1.87. The van der Waals surface area contributed by atoms with E-state index in [0.29, 0.717) is 6.42 Å². The summed E-state index contributed by atoms with van der Waals surface area (Å²) >= 11 is 0. The largest absolute Gasteiger partial charge is 0.300 e. The predicted molar refractivity (Wildman–Crippen MR) is 99.3 cm³/mol. The van der Waals surface area contributed by atoms with Gasteiger partial charge in [0.15, 0.2) is 0 Å². The molecule has 0 aliphatic carbocycles. The molecule has 0 fully saturated rings. The predicted octanol–water partition coefficient (Wildman–Crippen LogP) is 4.06. The summed E-state index contributed by atoms with van der Waals surface area (Å²) in [6, 6.07) is 10.3. The van der Waals surface area contributed by atoms with Gasteiger partial charge in [-0.25, -0.2) is 0 Å². The molecule has 0 saturated carbocycles. The van der Waals surface area contributed by atoms with E-state index in [1.807, 2.05) is 32.0 Å². The summed E-state index contributed by atoms with van der Waals surface area (Å²) in [5, 5.41) is 11.2. The summed E-state index contributed by atoms with van der Waals surface area (Å²) < 4.78 is 0. The minimum atomic E-state index is -0.752. The Morgan fingerprint density at radius 1 is 1.31 bits per heavy atom. The number of hydrogen-bond acceptors (Lipinski definition) is 5. The van der Waals surface area contributed by atoms with Gasteiger partial charge >= 0.3 is 0 Å². The van der Waals surface area contributed by atoms with Crippen LogP contribution >= 0.6 is 0 Å². The number of carbonyl (C=O) groups excluding carboxylic acids is 1. The van der Waals surface area contributed by atoms with E-state index in [-0.39, 0.29) is 17.4 Å². The Hall–Kier alpha value is -2.89. The maximum absolute atomic E-state index is 12.7. The maximum atomic E-state index is 12.7. The van der Waals surface area contributed by atoms with E-state index in [9.17, 15) is 14.9 Å². The molecule has 1 aliphatic rings. The average Bonchev–Trinajstić information content (AvgIpc) is 2.61. The van der Waals surface area contributed by atoms with Crippen molar-refractivity contribution in [1.82, 2.24) is 4.98 Å². The second kappa shape index (κ2) is 6.78. The number of aromatic nitrogens is 1. The molecule has 0 radical (unpaired) electrons. The van der Waals surface area contributed by atoms with Crippen molar-refractivity contribution in [3.05, 3.63) is 70.0 Å². The second-order valence-corrected chi connectivity index (χ2v) is 6.99. The fraction of sp³-hybridized carbons (Fsp3) is 0.350. The van der Waals surface area contributed by atoms with Gasteiger partial charge in [0.05, 0.1) is 16.4 Å². The van der Waals surface area contributed by atoms with Crippen molar-refractivity contribution in [2.45, 2.75) is 38.6 Å². The molecule has 6 heteroatoms. The Labute approximate surface area is 152 Å². The summed E-state index contributed by atoms with van der Waals surface area (Å²) in [5.74, 6) is -0.573. The first-order chi connectivity index (χ1) is 12.3. The molecular formula is C20H21N3O3. The van der Waals surface area contributed by atoms with Crippen molar-refractivity contribution in [3.63, 3.8) is 0 Å². The molecule has 3 rings (SSSR count). The first kappa shape index (κ1) is 17.9. The Morgan fingerprint density at radius 3 is 2.69 bits per heavy atom. The van der Waals surface area contributed by atoms with Crippen molar-refractivity contribution >= 4 is 17.2 Å². The van der Waals surface area contributed by atoms with Gasteiger partial charge in [0.2, 0.25) is 0 Å². The molecule has 0 N–H and O–H groups in total. The molecule has 2 heterocycles. The van der Waals surface area contributed by atoms with Gasteiger partial charge in [-0.05, 0) is 44.4 Å². The number of Topliss-reactive ketones (excluding diaryl/α,β-unsaturated/α-hetero) is 1. The van der Waals surface area contributed by atoms with E-state index < -0.39 is 16.4 Å². The average molecular weight is 351 g/mol. The van der Waals surface area contributed by atoms with Crippen molar-refractivity contribution in [3.8, 4) is 0 Å². The van der Waals surface area contributed by atoms with Crippen molar-refractivity contribution < 1.29 is 9.72 Å². The zero-order valence-electron chi connectivity index (χ0n) is 15.0. The van der Waals surface area contributed by atoms with Gasteiger partial charge in [-0.15, -0.1) is 0 Å². The monoisotopic (exact) mass is 351 g/mol. The number of benzene rings is 1. The van der Waals surface area contributed by atoms with E-state index in [2.05, 4.69) is 4.98 Å². The summed E-state index contributed by atoms with van der Waals surface area (Å²) in [6.45, 7) is 5.46. The van der Waals surface area contributed by atoms with Gasteiger partial charge in [-0.3, -0.25) is 24.9 Å². The van der Waals surface area contributed by atoms with Crippen LogP contribution in [-0.4, -0.2) is 21.4 Å². The van der Waals surface area contributed by atoms with Crippen molar-refractivity contribution in [2.24, 2.45) is 10.9 Å². The molecule has 2 aromatic rings. The van der Waals surface area contributed by atoms with Crippen LogP contribution in [0.3, 0.4) is 0 Å². The van der Waals surface area contributed by atoms with Gasteiger partial charge in [-0.1, -0.05) is 18.2 Å². The number of aliphatic imine (C=N–C) groups is 1. The number of ketones is 1. The summed E-state index contributed by atoms with van der Waals surface area (Å²) in [4.78, 5) is 32.5. The number of hydrogen-bond donors (Lipinski definition) is 0. The molecule has 134 valence electrons. The molecule has 0 saturated heterocycles. The van der Waals surface area contributed by atoms with Crippen molar-refractivity contribution in [2.75, 3.05) is 0 Å². The zero-order chi connectivity index (χ0) is 18.9. The van der Waals surface area contributed by atoms with Crippen LogP contribution in [0.15, 0.2) is 53.8 Å². The van der Waals surface area contributed by atoms with Crippen LogP contribution in [-0.2, 0) is 10.3 Å². The summed E-state index contributed by atoms with van der Waals surface area (Å²) in [7, 11) is 0. The van der Waals surface area contributed by atoms with Crippen LogP contribution in [0, 0.1) is 16.0 Å². The molecule has 3 unspecified atom stereocenters. The quantitative estimate of drug-likeness (QED) is 0.614. The van der Waals surface area contributed by atoms with Crippen LogP contribution in [0.25, 0.3) is 0 Å². The number of nitrogens with zero attached hydrogens (tertiary/aromatic N) is 3. The Kier molecular flexibility index (Phi) is 4.68. The first-order valence-corrected chi connectivity index (χ1v) is 8.53. The maximum Gasteiger partial charge on any atom is 0.269 e. The number of nitro groups is 1. The van der Waals surface area contributed by atoms with Crippen LogP contribution in [0.4, 0.5) is 5.69 Å². The third-order valence-corrected chi connectivity index (χ3v) is 5.14. The fourth-order valence-electron chi connectivity index (χ4n) is 4.10. The molecule has 0 amide bonds. The third kappa shape index (κ3) is 3.14. The smallest absolute Gasteiger partial charge is 0.269 e. The molecule has 1 aliphatic heterocycles. The highest BCUT2D eigenvalue weighted by molar-refractivity contribution is 5.89. The van der Waals surface area contributed by atoms with Crippen LogP contribution in [0.1, 0.15) is 44.2 Å². The molecule has 6 nitrogen and oxygen atoms in total. The Bertz CT molecular complexity index is 879. The molecule has 0 bridgehead atoms. The van der Waals surface area contributed by atoms with Crippen LogP contribution in [0.2, 0.25) is 0 Å². The topological polar surface area (TPSA) is 85.5 Å². The number of rotatable bonds is 4.